The van der Waals surface area contributed by atoms with E-state index in [1.165, 1.54) is 12.1 Å². The highest BCUT2D eigenvalue weighted by Gasteiger charge is 2.11. The topological polar surface area (TPSA) is 146 Å². The van der Waals surface area contributed by atoms with Gasteiger partial charge in [0.25, 0.3) is 10.1 Å². The normalized spacial score (nSPS) is 10.4. The van der Waals surface area contributed by atoms with Crippen LogP contribution in [-0.4, -0.2) is 29.8 Å². The molecule has 3 aromatic carbocycles. The van der Waals surface area contributed by atoms with Gasteiger partial charge in [-0.05, 0) is 30.2 Å². The molecule has 0 heterocycles. The Labute approximate surface area is 188 Å². The van der Waals surface area contributed by atoms with Crippen molar-refractivity contribution in [2.45, 2.75) is 24.9 Å². The van der Waals surface area contributed by atoms with Crippen LogP contribution in [0.3, 0.4) is 0 Å². The first-order valence-electron chi connectivity index (χ1n) is 9.70. The van der Waals surface area contributed by atoms with E-state index < -0.39 is 10.1 Å². The van der Waals surface area contributed by atoms with Gasteiger partial charge >= 0.3 is 0 Å². The zero-order chi connectivity index (χ0) is 23.6. The molecule has 0 aliphatic rings. The third-order valence-electron chi connectivity index (χ3n) is 4.29. The van der Waals surface area contributed by atoms with Crippen molar-refractivity contribution in [3.63, 3.8) is 0 Å². The molecule has 6 N–H and O–H groups in total. The van der Waals surface area contributed by atoms with E-state index in [-0.39, 0.29) is 16.8 Å². The third-order valence-corrected chi connectivity index (χ3v) is 5.15. The van der Waals surface area contributed by atoms with E-state index in [1.807, 2.05) is 72.5 Å². The Balaban J connectivity index is 0.000000278. The van der Waals surface area contributed by atoms with Crippen LogP contribution in [0.15, 0.2) is 94.8 Å². The smallest absolute Gasteiger partial charge is 0.294 e. The SMILES string of the molecule is Cc1ccc(S(=O)(=O)O)cc1.N=C(N=C(N)N)N(Cc1ccccc1)Cc1ccccc1. The van der Waals surface area contributed by atoms with E-state index in [1.54, 1.807) is 12.1 Å². The van der Waals surface area contributed by atoms with Gasteiger partial charge < -0.3 is 16.4 Å². The van der Waals surface area contributed by atoms with Gasteiger partial charge in [-0.25, -0.2) is 0 Å². The lowest BCUT2D eigenvalue weighted by atomic mass is 10.2. The van der Waals surface area contributed by atoms with E-state index in [9.17, 15) is 8.42 Å². The Kier molecular flexibility index (Phi) is 8.94. The first-order valence-corrected chi connectivity index (χ1v) is 11.1. The van der Waals surface area contributed by atoms with Crippen LogP contribution in [0, 0.1) is 12.3 Å². The molecular formula is C23H27N5O3S. The lowest BCUT2D eigenvalue weighted by Gasteiger charge is -2.23. The zero-order valence-electron chi connectivity index (χ0n) is 17.7. The molecule has 8 nitrogen and oxygen atoms in total. The summed E-state index contributed by atoms with van der Waals surface area (Å²) in [5.74, 6) is -0.0474. The molecule has 0 bridgehead atoms. The second-order valence-electron chi connectivity index (χ2n) is 6.98. The van der Waals surface area contributed by atoms with Crippen molar-refractivity contribution in [1.82, 2.24) is 4.90 Å². The van der Waals surface area contributed by atoms with Gasteiger partial charge in [0.2, 0.25) is 5.96 Å². The Morgan fingerprint density at radius 1 is 0.875 bits per heavy atom. The fraction of sp³-hybridized carbons (Fsp3) is 0.130. The van der Waals surface area contributed by atoms with Crippen LogP contribution in [0.1, 0.15) is 16.7 Å². The maximum Gasteiger partial charge on any atom is 0.294 e. The molecule has 0 saturated carbocycles. The maximum absolute atomic E-state index is 10.5. The number of nitrogens with two attached hydrogens (primary N) is 2. The monoisotopic (exact) mass is 453 g/mol. The van der Waals surface area contributed by atoms with Gasteiger partial charge in [-0.1, -0.05) is 78.4 Å². The molecular weight excluding hydrogens is 426 g/mol. The number of benzene rings is 3. The number of aryl methyl sites for hydroxylation is 1. The number of hydrogen-bond donors (Lipinski definition) is 4. The standard InChI is InChI=1S/C16H19N5.C7H8O3S/c17-15(18)20-16(19)21(11-13-7-3-1-4-8-13)12-14-9-5-2-6-10-14;1-6-2-4-7(5-3-6)11(8,9)10/h1-10H,11-12H2,(H5,17,18,19,20);2-5H,1H3,(H,8,9,10). The highest BCUT2D eigenvalue weighted by Crippen LogP contribution is 2.11. The predicted octanol–water partition coefficient (Wildman–Crippen LogP) is 3.14. The lowest BCUT2D eigenvalue weighted by molar-refractivity contribution is 0.399. The van der Waals surface area contributed by atoms with Crippen molar-refractivity contribution in [2.75, 3.05) is 0 Å². The van der Waals surface area contributed by atoms with Crippen LogP contribution in [0.2, 0.25) is 0 Å². The van der Waals surface area contributed by atoms with Gasteiger partial charge in [0.15, 0.2) is 5.96 Å². The molecule has 3 aromatic rings. The minimum Gasteiger partial charge on any atom is -0.370 e. The summed E-state index contributed by atoms with van der Waals surface area (Å²) < 4.78 is 29.6. The highest BCUT2D eigenvalue weighted by molar-refractivity contribution is 7.85. The van der Waals surface area contributed by atoms with Crippen LogP contribution in [0.5, 0.6) is 0 Å². The van der Waals surface area contributed by atoms with Gasteiger partial charge in [-0.3, -0.25) is 9.96 Å². The predicted molar refractivity (Wildman–Crippen MR) is 127 cm³/mol. The second-order valence-corrected chi connectivity index (χ2v) is 8.40. The van der Waals surface area contributed by atoms with E-state index >= 15 is 0 Å². The van der Waals surface area contributed by atoms with Crippen molar-refractivity contribution >= 4 is 22.0 Å². The fourth-order valence-corrected chi connectivity index (χ4v) is 3.20. The van der Waals surface area contributed by atoms with Gasteiger partial charge in [0, 0.05) is 13.1 Å². The molecule has 168 valence electrons. The lowest BCUT2D eigenvalue weighted by Crippen LogP contribution is -2.32. The van der Waals surface area contributed by atoms with Crippen molar-refractivity contribution < 1.29 is 13.0 Å². The summed E-state index contributed by atoms with van der Waals surface area (Å²) >= 11 is 0. The quantitative estimate of drug-likeness (QED) is 0.265. The van der Waals surface area contributed by atoms with E-state index in [0.29, 0.717) is 13.1 Å². The number of rotatable bonds is 5. The van der Waals surface area contributed by atoms with Crippen LogP contribution in [-0.2, 0) is 23.2 Å². The van der Waals surface area contributed by atoms with Gasteiger partial charge in [-0.2, -0.15) is 13.4 Å². The zero-order valence-corrected chi connectivity index (χ0v) is 18.5. The van der Waals surface area contributed by atoms with Crippen molar-refractivity contribution in [3.05, 3.63) is 102 Å². The third kappa shape index (κ3) is 8.58. The molecule has 0 amide bonds. The van der Waals surface area contributed by atoms with Crippen LogP contribution >= 0.6 is 0 Å². The minimum absolute atomic E-state index is 0.0581. The minimum atomic E-state index is -4.02. The molecule has 0 atom stereocenters. The molecule has 0 fully saturated rings. The first-order chi connectivity index (χ1) is 15.1. The molecule has 0 aliphatic carbocycles. The number of guanidine groups is 2. The average molecular weight is 454 g/mol. The second kappa shape index (κ2) is 11.6. The van der Waals surface area contributed by atoms with E-state index in [2.05, 4.69) is 4.99 Å². The summed E-state index contributed by atoms with van der Waals surface area (Å²) in [6, 6.07) is 25.9. The molecule has 0 aromatic heterocycles. The summed E-state index contributed by atoms with van der Waals surface area (Å²) in [5.41, 5.74) is 13.9. The Bertz CT molecular complexity index is 1090. The molecule has 0 aliphatic heterocycles. The van der Waals surface area contributed by atoms with Crippen molar-refractivity contribution in [3.8, 4) is 0 Å². The summed E-state index contributed by atoms with van der Waals surface area (Å²) in [7, 11) is -4.02. The highest BCUT2D eigenvalue weighted by atomic mass is 32.2. The number of aliphatic imine (C=N–C) groups is 1. The molecule has 0 spiro atoms. The molecule has 9 heteroatoms. The maximum atomic E-state index is 10.5. The molecule has 0 unspecified atom stereocenters. The van der Waals surface area contributed by atoms with Gasteiger partial charge in [-0.15, -0.1) is 0 Å². The molecule has 0 saturated heterocycles. The summed E-state index contributed by atoms with van der Waals surface area (Å²) in [6.45, 7) is 2.99. The van der Waals surface area contributed by atoms with Crippen molar-refractivity contribution in [2.24, 2.45) is 16.5 Å². The first kappa shape index (κ1) is 24.6. The van der Waals surface area contributed by atoms with E-state index in [0.717, 1.165) is 16.7 Å². The van der Waals surface area contributed by atoms with Crippen LogP contribution < -0.4 is 11.5 Å². The Morgan fingerprint density at radius 3 is 1.69 bits per heavy atom. The summed E-state index contributed by atoms with van der Waals surface area (Å²) in [6.07, 6.45) is 0. The van der Waals surface area contributed by atoms with Crippen LogP contribution in [0.25, 0.3) is 0 Å². The number of hydrogen-bond acceptors (Lipinski definition) is 3. The largest absolute Gasteiger partial charge is 0.370 e. The summed E-state index contributed by atoms with van der Waals surface area (Å²) in [4.78, 5) is 5.61. The van der Waals surface area contributed by atoms with Gasteiger partial charge in [0.1, 0.15) is 0 Å². The number of nitrogens with zero attached hydrogens (tertiary/aromatic N) is 2. The summed E-state index contributed by atoms with van der Waals surface area (Å²) in [5, 5.41) is 8.05. The molecule has 3 rings (SSSR count). The molecule has 0 radical (unpaired) electrons. The average Bonchev–Trinajstić information content (AvgIpc) is 2.74. The van der Waals surface area contributed by atoms with E-state index in [4.69, 9.17) is 21.4 Å². The number of nitrogens with one attached hydrogen (secondary N) is 1. The van der Waals surface area contributed by atoms with Crippen molar-refractivity contribution in [1.29, 1.82) is 5.41 Å². The Morgan fingerprint density at radius 2 is 1.31 bits per heavy atom. The molecule has 32 heavy (non-hydrogen) atoms. The van der Waals surface area contributed by atoms with Gasteiger partial charge in [0.05, 0.1) is 4.90 Å². The Hall–Kier alpha value is -3.69. The fourth-order valence-electron chi connectivity index (χ4n) is 2.72. The van der Waals surface area contributed by atoms with Crippen LogP contribution in [0.4, 0.5) is 0 Å².